The smallest absolute Gasteiger partial charge is 0.254 e. The van der Waals surface area contributed by atoms with Crippen molar-refractivity contribution in [2.75, 3.05) is 26.8 Å². The molecule has 0 saturated carbocycles. The van der Waals surface area contributed by atoms with Crippen LogP contribution < -0.4 is 15.2 Å². The number of carbonyl (C=O) groups excluding carboxylic acids is 1. The number of hydrogen-bond acceptors (Lipinski definition) is 4. The first-order valence-corrected chi connectivity index (χ1v) is 6.91. The van der Waals surface area contributed by atoms with E-state index >= 15 is 0 Å². The number of hydrogen-bond donors (Lipinski definition) is 1. The molecule has 112 valence electrons. The molecule has 0 heterocycles. The Kier molecular flexibility index (Phi) is 6.31. The third-order valence-electron chi connectivity index (χ3n) is 3.11. The fourth-order valence-corrected chi connectivity index (χ4v) is 1.75. The molecule has 0 aliphatic heterocycles. The van der Waals surface area contributed by atoms with E-state index in [0.29, 0.717) is 36.8 Å². The Labute approximate surface area is 120 Å². The summed E-state index contributed by atoms with van der Waals surface area (Å²) in [6, 6.07) is 5.22. The molecule has 5 nitrogen and oxygen atoms in total. The van der Waals surface area contributed by atoms with Gasteiger partial charge in [-0.2, -0.15) is 0 Å². The van der Waals surface area contributed by atoms with E-state index in [9.17, 15) is 4.79 Å². The molecule has 0 spiro atoms. The van der Waals surface area contributed by atoms with Gasteiger partial charge in [-0.3, -0.25) is 4.79 Å². The predicted molar refractivity (Wildman–Crippen MR) is 79.4 cm³/mol. The molecule has 2 N–H and O–H groups in total. The Morgan fingerprint density at radius 3 is 2.40 bits per heavy atom. The molecule has 0 fully saturated rings. The van der Waals surface area contributed by atoms with Crippen LogP contribution in [0.4, 0.5) is 0 Å². The second-order valence-corrected chi connectivity index (χ2v) is 4.53. The monoisotopic (exact) mass is 280 g/mol. The van der Waals surface area contributed by atoms with Crippen LogP contribution in [0.5, 0.6) is 11.5 Å². The molecule has 1 aromatic rings. The minimum Gasteiger partial charge on any atom is -0.490 e. The number of likely N-dealkylation sites (N-methyl/N-ethyl adjacent to an activating group) is 1. The molecule has 0 saturated heterocycles. The van der Waals surface area contributed by atoms with E-state index in [2.05, 4.69) is 0 Å². The summed E-state index contributed by atoms with van der Waals surface area (Å²) in [5.41, 5.74) is 6.16. The molecule has 0 radical (unpaired) electrons. The van der Waals surface area contributed by atoms with Crippen molar-refractivity contribution in [1.82, 2.24) is 4.90 Å². The summed E-state index contributed by atoms with van der Waals surface area (Å²) in [7, 11) is 1.75. The topological polar surface area (TPSA) is 64.8 Å². The highest BCUT2D eigenvalue weighted by Gasteiger charge is 2.18. The van der Waals surface area contributed by atoms with Gasteiger partial charge in [0.25, 0.3) is 5.91 Å². The van der Waals surface area contributed by atoms with Crippen molar-refractivity contribution in [2.24, 2.45) is 5.73 Å². The summed E-state index contributed by atoms with van der Waals surface area (Å²) >= 11 is 0. The van der Waals surface area contributed by atoms with E-state index in [1.165, 1.54) is 0 Å². The van der Waals surface area contributed by atoms with Gasteiger partial charge >= 0.3 is 0 Å². The molecular formula is C15H24N2O3. The standard InChI is InChI=1S/C15H24N2O3/c1-5-19-13-8-7-12(9-14(13)20-6-2)15(18)17(4)11(3)10-16/h7-9,11H,5-6,10,16H2,1-4H3. The van der Waals surface area contributed by atoms with Gasteiger partial charge in [0.1, 0.15) is 0 Å². The third kappa shape index (κ3) is 3.87. The van der Waals surface area contributed by atoms with Gasteiger partial charge in [0.2, 0.25) is 0 Å². The average Bonchev–Trinajstić information content (AvgIpc) is 2.47. The summed E-state index contributed by atoms with van der Waals surface area (Å²) in [6.07, 6.45) is 0. The highest BCUT2D eigenvalue weighted by molar-refractivity contribution is 5.95. The Hall–Kier alpha value is -1.75. The van der Waals surface area contributed by atoms with Crippen LogP contribution in [0.25, 0.3) is 0 Å². The zero-order valence-corrected chi connectivity index (χ0v) is 12.7. The van der Waals surface area contributed by atoms with Crippen molar-refractivity contribution < 1.29 is 14.3 Å². The fraction of sp³-hybridized carbons (Fsp3) is 0.533. The lowest BCUT2D eigenvalue weighted by molar-refractivity contribution is 0.0748. The number of nitrogens with two attached hydrogens (primary N) is 1. The zero-order valence-electron chi connectivity index (χ0n) is 12.7. The molecule has 1 amide bonds. The van der Waals surface area contributed by atoms with Crippen molar-refractivity contribution >= 4 is 5.91 Å². The summed E-state index contributed by atoms with van der Waals surface area (Å²) in [4.78, 5) is 14.0. The number of ether oxygens (including phenoxy) is 2. The average molecular weight is 280 g/mol. The van der Waals surface area contributed by atoms with Crippen molar-refractivity contribution in [3.05, 3.63) is 23.8 Å². The van der Waals surface area contributed by atoms with Crippen LogP contribution in [0, 0.1) is 0 Å². The Morgan fingerprint density at radius 2 is 1.85 bits per heavy atom. The SMILES string of the molecule is CCOc1ccc(C(=O)N(C)C(C)CN)cc1OCC. The van der Waals surface area contributed by atoms with Crippen LogP contribution in [0.3, 0.4) is 0 Å². The van der Waals surface area contributed by atoms with E-state index in [-0.39, 0.29) is 11.9 Å². The van der Waals surface area contributed by atoms with Crippen molar-refractivity contribution in [3.8, 4) is 11.5 Å². The second kappa shape index (κ2) is 7.75. The Bertz CT molecular complexity index is 449. The molecule has 0 bridgehead atoms. The van der Waals surface area contributed by atoms with E-state index in [1.54, 1.807) is 30.1 Å². The molecule has 1 atom stereocenters. The molecule has 20 heavy (non-hydrogen) atoms. The van der Waals surface area contributed by atoms with E-state index < -0.39 is 0 Å². The Morgan fingerprint density at radius 1 is 1.25 bits per heavy atom. The number of nitrogens with zero attached hydrogens (tertiary/aromatic N) is 1. The van der Waals surface area contributed by atoms with Crippen LogP contribution in [0.2, 0.25) is 0 Å². The van der Waals surface area contributed by atoms with Crippen LogP contribution in [0.15, 0.2) is 18.2 Å². The molecule has 0 aliphatic carbocycles. The number of carbonyl (C=O) groups is 1. The highest BCUT2D eigenvalue weighted by atomic mass is 16.5. The minimum absolute atomic E-state index is 0.00962. The normalized spacial score (nSPS) is 11.8. The van der Waals surface area contributed by atoms with Gasteiger partial charge in [-0.05, 0) is 39.0 Å². The maximum absolute atomic E-state index is 12.3. The van der Waals surface area contributed by atoms with E-state index in [4.69, 9.17) is 15.2 Å². The van der Waals surface area contributed by atoms with Gasteiger partial charge in [-0.15, -0.1) is 0 Å². The van der Waals surface area contributed by atoms with Gasteiger partial charge in [0, 0.05) is 25.2 Å². The van der Waals surface area contributed by atoms with Crippen molar-refractivity contribution in [2.45, 2.75) is 26.8 Å². The second-order valence-electron chi connectivity index (χ2n) is 4.53. The van der Waals surface area contributed by atoms with Gasteiger partial charge in [0.15, 0.2) is 11.5 Å². The molecule has 1 unspecified atom stereocenters. The lowest BCUT2D eigenvalue weighted by Gasteiger charge is -2.24. The molecule has 5 heteroatoms. The number of rotatable bonds is 7. The minimum atomic E-state index is -0.0769. The summed E-state index contributed by atoms with van der Waals surface area (Å²) in [5, 5.41) is 0. The van der Waals surface area contributed by atoms with Gasteiger partial charge in [0.05, 0.1) is 13.2 Å². The fourth-order valence-electron chi connectivity index (χ4n) is 1.75. The molecule has 1 aromatic carbocycles. The lowest BCUT2D eigenvalue weighted by atomic mass is 10.1. The number of benzene rings is 1. The maximum Gasteiger partial charge on any atom is 0.254 e. The quantitative estimate of drug-likeness (QED) is 0.828. The van der Waals surface area contributed by atoms with Crippen LogP contribution in [-0.2, 0) is 0 Å². The molecular weight excluding hydrogens is 256 g/mol. The summed E-state index contributed by atoms with van der Waals surface area (Å²) in [5.74, 6) is 1.17. The van der Waals surface area contributed by atoms with E-state index in [1.807, 2.05) is 20.8 Å². The molecule has 0 aliphatic rings. The van der Waals surface area contributed by atoms with Gasteiger partial charge in [-0.1, -0.05) is 0 Å². The Balaban J connectivity index is 3.01. The molecule has 0 aromatic heterocycles. The largest absolute Gasteiger partial charge is 0.490 e. The highest BCUT2D eigenvalue weighted by Crippen LogP contribution is 2.29. The first-order valence-electron chi connectivity index (χ1n) is 6.91. The molecule has 1 rings (SSSR count). The van der Waals surface area contributed by atoms with Crippen LogP contribution in [-0.4, -0.2) is 43.7 Å². The van der Waals surface area contributed by atoms with Crippen molar-refractivity contribution in [3.63, 3.8) is 0 Å². The zero-order chi connectivity index (χ0) is 15.1. The van der Waals surface area contributed by atoms with Crippen LogP contribution in [0.1, 0.15) is 31.1 Å². The van der Waals surface area contributed by atoms with Gasteiger partial charge in [-0.25, -0.2) is 0 Å². The maximum atomic E-state index is 12.3. The lowest BCUT2D eigenvalue weighted by Crippen LogP contribution is -2.39. The number of amides is 1. The first kappa shape index (κ1) is 16.3. The van der Waals surface area contributed by atoms with Gasteiger partial charge < -0.3 is 20.1 Å². The van der Waals surface area contributed by atoms with Crippen LogP contribution >= 0.6 is 0 Å². The first-order chi connectivity index (χ1) is 9.54. The van der Waals surface area contributed by atoms with E-state index in [0.717, 1.165) is 0 Å². The third-order valence-corrected chi connectivity index (χ3v) is 3.11. The summed E-state index contributed by atoms with van der Waals surface area (Å²) in [6.45, 7) is 7.22. The van der Waals surface area contributed by atoms with Crippen molar-refractivity contribution in [1.29, 1.82) is 0 Å². The summed E-state index contributed by atoms with van der Waals surface area (Å²) < 4.78 is 11.0. The predicted octanol–water partition coefficient (Wildman–Crippen LogP) is 1.90.